The molecule has 0 unspecified atom stereocenters. The Morgan fingerprint density at radius 3 is 2.41 bits per heavy atom. The van der Waals surface area contributed by atoms with E-state index in [0.29, 0.717) is 0 Å². The Balaban J connectivity index is 2.99. The SMILES string of the molecule is CCN(CC(F)(F)F)c1nc(Cl)nc(OC)n1. The minimum Gasteiger partial charge on any atom is -0.467 e. The highest BCUT2D eigenvalue weighted by atomic mass is 35.5. The Morgan fingerprint density at radius 2 is 1.94 bits per heavy atom. The first kappa shape index (κ1) is 13.8. The molecule has 0 N–H and O–H groups in total. The molecule has 0 aromatic carbocycles. The summed E-state index contributed by atoms with van der Waals surface area (Å²) in [4.78, 5) is 11.8. The summed E-state index contributed by atoms with van der Waals surface area (Å²) >= 11 is 5.55. The molecule has 17 heavy (non-hydrogen) atoms. The third-order valence-electron chi connectivity index (χ3n) is 1.79. The number of ether oxygens (including phenoxy) is 1. The van der Waals surface area contributed by atoms with Gasteiger partial charge in [-0.25, -0.2) is 0 Å². The van der Waals surface area contributed by atoms with Crippen LogP contribution >= 0.6 is 11.6 Å². The third-order valence-corrected chi connectivity index (χ3v) is 1.96. The van der Waals surface area contributed by atoms with Crippen molar-refractivity contribution < 1.29 is 17.9 Å². The van der Waals surface area contributed by atoms with Gasteiger partial charge < -0.3 is 9.64 Å². The summed E-state index contributed by atoms with van der Waals surface area (Å²) in [6, 6.07) is -0.124. The van der Waals surface area contributed by atoms with Crippen molar-refractivity contribution in [2.24, 2.45) is 0 Å². The summed E-state index contributed by atoms with van der Waals surface area (Å²) in [5, 5.41) is -0.215. The van der Waals surface area contributed by atoms with Crippen molar-refractivity contribution in [2.45, 2.75) is 13.1 Å². The molecule has 5 nitrogen and oxygen atoms in total. The van der Waals surface area contributed by atoms with Crippen LogP contribution < -0.4 is 9.64 Å². The van der Waals surface area contributed by atoms with Crippen molar-refractivity contribution in [3.8, 4) is 6.01 Å². The molecular formula is C8H10ClF3N4O. The van der Waals surface area contributed by atoms with Crippen LogP contribution in [0, 0.1) is 0 Å². The number of methoxy groups -OCH3 is 1. The number of hydrogen-bond acceptors (Lipinski definition) is 5. The van der Waals surface area contributed by atoms with E-state index in [0.717, 1.165) is 4.90 Å². The molecule has 0 saturated heterocycles. The zero-order chi connectivity index (χ0) is 13.1. The van der Waals surface area contributed by atoms with Gasteiger partial charge in [0.05, 0.1) is 7.11 Å². The molecule has 0 bridgehead atoms. The molecule has 0 fully saturated rings. The fourth-order valence-corrected chi connectivity index (χ4v) is 1.24. The maximum atomic E-state index is 12.3. The van der Waals surface area contributed by atoms with Crippen LogP contribution in [0.4, 0.5) is 19.1 Å². The normalized spacial score (nSPS) is 11.4. The van der Waals surface area contributed by atoms with Crippen LogP contribution in [0.3, 0.4) is 0 Å². The molecule has 1 heterocycles. The van der Waals surface area contributed by atoms with Gasteiger partial charge in [-0.15, -0.1) is 0 Å². The zero-order valence-electron chi connectivity index (χ0n) is 9.12. The van der Waals surface area contributed by atoms with E-state index in [1.165, 1.54) is 7.11 Å². The van der Waals surface area contributed by atoms with E-state index in [9.17, 15) is 13.2 Å². The number of anilines is 1. The molecule has 0 amide bonds. The monoisotopic (exact) mass is 270 g/mol. The summed E-state index contributed by atoms with van der Waals surface area (Å²) in [5.41, 5.74) is 0. The average Bonchev–Trinajstić information content (AvgIpc) is 2.23. The Labute approximate surface area is 101 Å². The van der Waals surface area contributed by atoms with Crippen LogP contribution in [0.1, 0.15) is 6.92 Å². The van der Waals surface area contributed by atoms with Gasteiger partial charge in [-0.05, 0) is 18.5 Å². The first-order valence-electron chi connectivity index (χ1n) is 4.63. The second-order valence-corrected chi connectivity index (χ2v) is 3.36. The standard InChI is InChI=1S/C8H10ClF3N4O/c1-3-16(4-8(10,11)12)6-13-5(9)14-7(15-6)17-2/h3-4H2,1-2H3. The molecule has 0 atom stereocenters. The molecular weight excluding hydrogens is 261 g/mol. The van der Waals surface area contributed by atoms with E-state index in [2.05, 4.69) is 15.0 Å². The maximum Gasteiger partial charge on any atom is 0.406 e. The molecule has 0 aliphatic carbocycles. The summed E-state index contributed by atoms with van der Waals surface area (Å²) in [7, 11) is 1.29. The molecule has 0 spiro atoms. The van der Waals surface area contributed by atoms with E-state index in [4.69, 9.17) is 16.3 Å². The summed E-state index contributed by atoms with van der Waals surface area (Å²) in [6.07, 6.45) is -4.34. The highest BCUT2D eigenvalue weighted by molar-refractivity contribution is 6.28. The van der Waals surface area contributed by atoms with Crippen molar-refractivity contribution in [3.05, 3.63) is 5.28 Å². The van der Waals surface area contributed by atoms with Gasteiger partial charge >= 0.3 is 12.2 Å². The Hall–Kier alpha value is -1.31. The zero-order valence-corrected chi connectivity index (χ0v) is 9.88. The number of nitrogens with zero attached hydrogens (tertiary/aromatic N) is 4. The molecule has 0 aliphatic heterocycles. The molecule has 0 saturated carbocycles. The highest BCUT2D eigenvalue weighted by Gasteiger charge is 2.31. The molecule has 1 rings (SSSR count). The first-order valence-corrected chi connectivity index (χ1v) is 5.00. The van der Waals surface area contributed by atoms with Gasteiger partial charge in [0.15, 0.2) is 0 Å². The second kappa shape index (κ2) is 5.35. The summed E-state index contributed by atoms with van der Waals surface area (Å²) in [5.74, 6) is -0.165. The van der Waals surface area contributed by atoms with Crippen molar-refractivity contribution in [1.29, 1.82) is 0 Å². The van der Waals surface area contributed by atoms with Gasteiger partial charge in [0.1, 0.15) is 6.54 Å². The lowest BCUT2D eigenvalue weighted by atomic mass is 10.5. The van der Waals surface area contributed by atoms with Gasteiger partial charge in [0.2, 0.25) is 11.2 Å². The van der Waals surface area contributed by atoms with Crippen LogP contribution in [-0.2, 0) is 0 Å². The van der Waals surface area contributed by atoms with Gasteiger partial charge in [-0.2, -0.15) is 28.1 Å². The quantitative estimate of drug-likeness (QED) is 0.837. The van der Waals surface area contributed by atoms with E-state index in [1.807, 2.05) is 0 Å². The average molecular weight is 271 g/mol. The lowest BCUT2D eigenvalue weighted by Gasteiger charge is -2.22. The molecule has 1 aromatic rings. The number of rotatable bonds is 4. The van der Waals surface area contributed by atoms with Crippen molar-refractivity contribution in [2.75, 3.05) is 25.1 Å². The summed E-state index contributed by atoms with van der Waals surface area (Å²) in [6.45, 7) is 0.478. The van der Waals surface area contributed by atoms with E-state index >= 15 is 0 Å². The minimum absolute atomic E-state index is 0.0863. The van der Waals surface area contributed by atoms with Crippen molar-refractivity contribution in [3.63, 3.8) is 0 Å². The molecule has 0 aliphatic rings. The maximum absolute atomic E-state index is 12.3. The minimum atomic E-state index is -4.34. The van der Waals surface area contributed by atoms with Crippen molar-refractivity contribution in [1.82, 2.24) is 15.0 Å². The Bertz CT molecular complexity index is 388. The van der Waals surface area contributed by atoms with Gasteiger partial charge in [0, 0.05) is 6.54 Å². The lowest BCUT2D eigenvalue weighted by molar-refractivity contribution is -0.119. The Morgan fingerprint density at radius 1 is 1.29 bits per heavy atom. The predicted molar refractivity (Wildman–Crippen MR) is 55.3 cm³/mol. The van der Waals surface area contributed by atoms with E-state index in [-0.39, 0.29) is 23.8 Å². The van der Waals surface area contributed by atoms with Crippen LogP contribution in [0.15, 0.2) is 0 Å². The number of aromatic nitrogens is 3. The lowest BCUT2D eigenvalue weighted by Crippen LogP contribution is -2.35. The predicted octanol–water partition coefficient (Wildman–Crippen LogP) is 1.92. The molecule has 9 heteroatoms. The fraction of sp³-hybridized carbons (Fsp3) is 0.625. The van der Waals surface area contributed by atoms with Gasteiger partial charge in [-0.1, -0.05) is 0 Å². The largest absolute Gasteiger partial charge is 0.467 e. The van der Waals surface area contributed by atoms with Crippen LogP contribution in [0.2, 0.25) is 5.28 Å². The molecule has 1 aromatic heterocycles. The number of hydrogen-bond donors (Lipinski definition) is 0. The smallest absolute Gasteiger partial charge is 0.406 e. The van der Waals surface area contributed by atoms with E-state index in [1.54, 1.807) is 6.92 Å². The highest BCUT2D eigenvalue weighted by Crippen LogP contribution is 2.21. The van der Waals surface area contributed by atoms with Crippen LogP contribution in [0.25, 0.3) is 0 Å². The van der Waals surface area contributed by atoms with Crippen LogP contribution in [0.5, 0.6) is 6.01 Å². The van der Waals surface area contributed by atoms with E-state index < -0.39 is 12.7 Å². The fourth-order valence-electron chi connectivity index (χ4n) is 1.10. The van der Waals surface area contributed by atoms with Gasteiger partial charge in [-0.3, -0.25) is 0 Å². The Kier molecular flexibility index (Phi) is 4.33. The molecule has 96 valence electrons. The number of alkyl halides is 3. The second-order valence-electron chi connectivity index (χ2n) is 3.02. The summed E-state index contributed by atoms with van der Waals surface area (Å²) < 4.78 is 41.6. The first-order chi connectivity index (χ1) is 7.85. The number of halogens is 4. The third kappa shape index (κ3) is 4.22. The topological polar surface area (TPSA) is 51.1 Å². The van der Waals surface area contributed by atoms with Crippen molar-refractivity contribution >= 4 is 17.5 Å². The van der Waals surface area contributed by atoms with Crippen LogP contribution in [-0.4, -0.2) is 41.3 Å². The molecule has 0 radical (unpaired) electrons. The van der Waals surface area contributed by atoms with Gasteiger partial charge in [0.25, 0.3) is 0 Å².